The number of methoxy groups -OCH3 is 1. The van der Waals surface area contributed by atoms with E-state index in [2.05, 4.69) is 4.98 Å². The first-order chi connectivity index (χ1) is 7.49. The number of nitrogens with zero attached hydrogens (tertiary/aromatic N) is 1. The minimum absolute atomic E-state index is 0.0244. The molecule has 1 aromatic rings. The van der Waals surface area contributed by atoms with E-state index >= 15 is 0 Å². The van der Waals surface area contributed by atoms with Gasteiger partial charge in [0.15, 0.2) is 0 Å². The van der Waals surface area contributed by atoms with Crippen LogP contribution in [0.4, 0.5) is 0 Å². The van der Waals surface area contributed by atoms with Crippen molar-refractivity contribution in [1.29, 1.82) is 5.41 Å². The van der Waals surface area contributed by atoms with Crippen molar-refractivity contribution in [3.05, 3.63) is 34.7 Å². The number of pyridine rings is 1. The summed E-state index contributed by atoms with van der Waals surface area (Å²) in [6.07, 6.45) is 1.65. The number of aromatic nitrogens is 1. The number of hydrogen-bond acceptors (Lipinski definition) is 3. The first-order valence-corrected chi connectivity index (χ1v) is 5.00. The lowest BCUT2D eigenvalue weighted by Crippen LogP contribution is -2.15. The maximum atomic E-state index is 7.55. The van der Waals surface area contributed by atoms with Gasteiger partial charge < -0.3 is 10.5 Å². The van der Waals surface area contributed by atoms with Gasteiger partial charge in [-0.1, -0.05) is 0 Å². The molecule has 86 valence electrons. The van der Waals surface area contributed by atoms with Crippen molar-refractivity contribution < 1.29 is 4.74 Å². The lowest BCUT2D eigenvalue weighted by molar-refractivity contribution is 0.366. The molecule has 0 spiro atoms. The van der Waals surface area contributed by atoms with E-state index in [-0.39, 0.29) is 5.84 Å². The molecule has 0 aliphatic heterocycles. The van der Waals surface area contributed by atoms with Crippen LogP contribution in [0.5, 0.6) is 0 Å². The summed E-state index contributed by atoms with van der Waals surface area (Å²) in [6.45, 7) is 5.79. The molecule has 0 aliphatic carbocycles. The van der Waals surface area contributed by atoms with Gasteiger partial charge in [0.05, 0.1) is 7.11 Å². The zero-order valence-corrected chi connectivity index (χ0v) is 10.1. The second kappa shape index (κ2) is 4.79. The number of nitrogen functional groups attached to an aromatic ring is 1. The highest BCUT2D eigenvalue weighted by atomic mass is 16.5. The van der Waals surface area contributed by atoms with Gasteiger partial charge in [0.2, 0.25) is 0 Å². The number of nitrogens with two attached hydrogens (primary N) is 1. The molecule has 0 saturated carbocycles. The number of aryl methyl sites for hydroxylation is 1. The van der Waals surface area contributed by atoms with Gasteiger partial charge in [0, 0.05) is 23.0 Å². The summed E-state index contributed by atoms with van der Waals surface area (Å²) in [5, 5.41) is 7.55. The Morgan fingerprint density at radius 2 is 2.06 bits per heavy atom. The van der Waals surface area contributed by atoms with Crippen LogP contribution in [0.25, 0.3) is 5.76 Å². The molecule has 16 heavy (non-hydrogen) atoms. The van der Waals surface area contributed by atoms with Crippen molar-refractivity contribution in [2.24, 2.45) is 5.73 Å². The molecule has 1 aromatic heterocycles. The summed E-state index contributed by atoms with van der Waals surface area (Å²) in [7, 11) is 1.61. The van der Waals surface area contributed by atoms with Crippen LogP contribution >= 0.6 is 0 Å². The maximum absolute atomic E-state index is 7.55. The molecule has 0 aliphatic rings. The van der Waals surface area contributed by atoms with E-state index in [1.165, 1.54) is 0 Å². The first-order valence-electron chi connectivity index (χ1n) is 5.00. The van der Waals surface area contributed by atoms with E-state index in [0.29, 0.717) is 5.56 Å². The van der Waals surface area contributed by atoms with Crippen LogP contribution in [0, 0.1) is 12.3 Å². The molecule has 0 aromatic carbocycles. The molecule has 0 bridgehead atoms. The molecule has 4 heteroatoms. The molecule has 0 amide bonds. The number of nitrogens with one attached hydrogen (secondary N) is 1. The van der Waals surface area contributed by atoms with Gasteiger partial charge in [0.25, 0.3) is 0 Å². The van der Waals surface area contributed by atoms with Gasteiger partial charge in [-0.15, -0.1) is 0 Å². The number of ether oxygens (including phenoxy) is 1. The summed E-state index contributed by atoms with van der Waals surface area (Å²) in [6, 6.07) is 1.73. The Balaban J connectivity index is 3.53. The lowest BCUT2D eigenvalue weighted by atomic mass is 10.0. The van der Waals surface area contributed by atoms with Crippen molar-refractivity contribution in [1.82, 2.24) is 4.98 Å². The molecule has 0 saturated heterocycles. The van der Waals surface area contributed by atoms with E-state index in [4.69, 9.17) is 15.9 Å². The van der Waals surface area contributed by atoms with Crippen molar-refractivity contribution in [2.75, 3.05) is 7.11 Å². The molecule has 1 rings (SSSR count). The standard InChI is InChI=1S/C12H17N3O/c1-7(2)11(16-4)10-8(3)15-6-5-9(10)12(13)14/h5-6H,1-4H3,(H3,13,14). The van der Waals surface area contributed by atoms with Gasteiger partial charge in [-0.2, -0.15) is 0 Å². The molecule has 0 radical (unpaired) electrons. The van der Waals surface area contributed by atoms with Crippen LogP contribution in [-0.2, 0) is 4.74 Å². The van der Waals surface area contributed by atoms with E-state index < -0.39 is 0 Å². The fraction of sp³-hybridized carbons (Fsp3) is 0.333. The smallest absolute Gasteiger partial charge is 0.127 e. The van der Waals surface area contributed by atoms with Crippen molar-refractivity contribution in [3.8, 4) is 0 Å². The van der Waals surface area contributed by atoms with E-state index in [9.17, 15) is 0 Å². The normalized spacial score (nSPS) is 9.75. The van der Waals surface area contributed by atoms with Gasteiger partial charge >= 0.3 is 0 Å². The Hall–Kier alpha value is -1.84. The topological polar surface area (TPSA) is 72.0 Å². The van der Waals surface area contributed by atoms with Gasteiger partial charge in [-0.25, -0.2) is 0 Å². The average molecular weight is 219 g/mol. The monoisotopic (exact) mass is 219 g/mol. The minimum Gasteiger partial charge on any atom is -0.496 e. The second-order valence-electron chi connectivity index (χ2n) is 3.77. The Labute approximate surface area is 95.7 Å². The van der Waals surface area contributed by atoms with Crippen LogP contribution < -0.4 is 5.73 Å². The minimum atomic E-state index is 0.0244. The highest BCUT2D eigenvalue weighted by Crippen LogP contribution is 2.25. The number of allylic oxidation sites excluding steroid dienone is 1. The summed E-state index contributed by atoms with van der Waals surface area (Å²) in [4.78, 5) is 4.21. The van der Waals surface area contributed by atoms with E-state index in [1.807, 2.05) is 20.8 Å². The summed E-state index contributed by atoms with van der Waals surface area (Å²) in [5.74, 6) is 0.757. The SMILES string of the molecule is COC(=C(C)C)c1c(C(=N)N)ccnc1C. The van der Waals surface area contributed by atoms with E-state index in [0.717, 1.165) is 22.6 Å². The van der Waals surface area contributed by atoms with Gasteiger partial charge in [-0.05, 0) is 32.4 Å². The number of rotatable bonds is 3. The third-order valence-corrected chi connectivity index (χ3v) is 2.32. The third kappa shape index (κ3) is 2.21. The molecule has 1 heterocycles. The second-order valence-corrected chi connectivity index (χ2v) is 3.77. The average Bonchev–Trinajstić information content (AvgIpc) is 2.20. The van der Waals surface area contributed by atoms with Crippen LogP contribution in [-0.4, -0.2) is 17.9 Å². The van der Waals surface area contributed by atoms with Crippen LogP contribution in [0.2, 0.25) is 0 Å². The Bertz CT molecular complexity index is 446. The quantitative estimate of drug-likeness (QED) is 0.464. The third-order valence-electron chi connectivity index (χ3n) is 2.32. The molecule has 3 N–H and O–H groups in total. The number of amidine groups is 1. The summed E-state index contributed by atoms with van der Waals surface area (Å²) >= 11 is 0. The van der Waals surface area contributed by atoms with Gasteiger partial charge in [0.1, 0.15) is 11.6 Å². The highest BCUT2D eigenvalue weighted by Gasteiger charge is 2.15. The Kier molecular flexibility index (Phi) is 3.66. The predicted octanol–water partition coefficient (Wildman–Crippen LogP) is 2.07. The Morgan fingerprint density at radius 3 is 2.50 bits per heavy atom. The predicted molar refractivity (Wildman–Crippen MR) is 65.3 cm³/mol. The summed E-state index contributed by atoms with van der Waals surface area (Å²) < 4.78 is 5.36. The molecule has 0 fully saturated rings. The lowest BCUT2D eigenvalue weighted by Gasteiger charge is -2.14. The number of hydrogen-bond donors (Lipinski definition) is 2. The van der Waals surface area contributed by atoms with Gasteiger partial charge in [-0.3, -0.25) is 10.4 Å². The van der Waals surface area contributed by atoms with Crippen LogP contribution in [0.15, 0.2) is 17.8 Å². The molecule has 0 unspecified atom stereocenters. The van der Waals surface area contributed by atoms with Crippen molar-refractivity contribution in [3.63, 3.8) is 0 Å². The largest absolute Gasteiger partial charge is 0.496 e. The summed E-state index contributed by atoms with van der Waals surface area (Å²) in [5.41, 5.74) is 8.85. The maximum Gasteiger partial charge on any atom is 0.127 e. The van der Waals surface area contributed by atoms with E-state index in [1.54, 1.807) is 19.4 Å². The fourth-order valence-electron chi connectivity index (χ4n) is 1.63. The molecule has 0 atom stereocenters. The zero-order valence-electron chi connectivity index (χ0n) is 10.1. The first kappa shape index (κ1) is 12.2. The van der Waals surface area contributed by atoms with Crippen LogP contribution in [0.1, 0.15) is 30.7 Å². The fourth-order valence-corrected chi connectivity index (χ4v) is 1.63. The molecular formula is C12H17N3O. The molecule has 4 nitrogen and oxygen atoms in total. The molecular weight excluding hydrogens is 202 g/mol. The highest BCUT2D eigenvalue weighted by molar-refractivity contribution is 5.99. The van der Waals surface area contributed by atoms with Crippen molar-refractivity contribution >= 4 is 11.6 Å². The zero-order chi connectivity index (χ0) is 12.3. The Morgan fingerprint density at radius 1 is 1.44 bits per heavy atom. The van der Waals surface area contributed by atoms with Crippen LogP contribution in [0.3, 0.4) is 0 Å². The van der Waals surface area contributed by atoms with Crippen molar-refractivity contribution in [2.45, 2.75) is 20.8 Å².